The third-order valence-corrected chi connectivity index (χ3v) is 5.89. The molecule has 0 unspecified atom stereocenters. The van der Waals surface area contributed by atoms with Crippen molar-refractivity contribution in [3.63, 3.8) is 0 Å². The fourth-order valence-electron chi connectivity index (χ4n) is 2.82. The Morgan fingerprint density at radius 1 is 1.13 bits per heavy atom. The molecule has 0 bridgehead atoms. The summed E-state index contributed by atoms with van der Waals surface area (Å²) >= 11 is 6.12. The van der Waals surface area contributed by atoms with Crippen molar-refractivity contribution < 1.29 is 13.2 Å². The van der Waals surface area contributed by atoms with Crippen molar-refractivity contribution in [2.75, 3.05) is 19.4 Å². The Bertz CT molecular complexity index is 1210. The number of sulfonamides is 1. The molecular formula is C22H21ClN4O3S. The van der Waals surface area contributed by atoms with Gasteiger partial charge in [-0.2, -0.15) is 8.42 Å². The summed E-state index contributed by atoms with van der Waals surface area (Å²) in [6.45, 7) is 0. The van der Waals surface area contributed by atoms with Gasteiger partial charge in [0.25, 0.3) is 10.0 Å². The van der Waals surface area contributed by atoms with Crippen molar-refractivity contribution in [1.82, 2.24) is 9.88 Å². The predicted octanol–water partition coefficient (Wildman–Crippen LogP) is 3.86. The maximum atomic E-state index is 12.9. The fraction of sp³-hybridized carbons (Fsp3) is 0.136. The highest BCUT2D eigenvalue weighted by Crippen LogP contribution is 2.31. The summed E-state index contributed by atoms with van der Waals surface area (Å²) in [6.07, 6.45) is 4.43. The maximum Gasteiger partial charge on any atom is 0.284 e. The van der Waals surface area contributed by atoms with E-state index in [0.717, 1.165) is 0 Å². The molecule has 160 valence electrons. The van der Waals surface area contributed by atoms with Crippen molar-refractivity contribution in [1.29, 1.82) is 0 Å². The van der Waals surface area contributed by atoms with Crippen LogP contribution in [0.4, 0.5) is 5.69 Å². The van der Waals surface area contributed by atoms with Gasteiger partial charge in [0.15, 0.2) is 0 Å². The van der Waals surface area contributed by atoms with Crippen molar-refractivity contribution in [2.24, 2.45) is 4.40 Å². The molecule has 0 saturated carbocycles. The van der Waals surface area contributed by atoms with Gasteiger partial charge in [0.1, 0.15) is 6.34 Å². The highest BCUT2D eigenvalue weighted by molar-refractivity contribution is 7.90. The fourth-order valence-corrected chi connectivity index (χ4v) is 4.18. The van der Waals surface area contributed by atoms with E-state index >= 15 is 0 Å². The lowest BCUT2D eigenvalue weighted by atomic mass is 10.1. The van der Waals surface area contributed by atoms with Crippen LogP contribution in [0.1, 0.15) is 5.56 Å². The number of rotatable bonds is 7. The maximum absolute atomic E-state index is 12.9. The molecular weight excluding hydrogens is 436 g/mol. The van der Waals surface area contributed by atoms with Crippen LogP contribution in [0.2, 0.25) is 5.02 Å². The second-order valence-electron chi connectivity index (χ2n) is 6.92. The summed E-state index contributed by atoms with van der Waals surface area (Å²) in [5.74, 6) is -0.315. The molecule has 0 fully saturated rings. The van der Waals surface area contributed by atoms with Crippen LogP contribution in [0.25, 0.3) is 11.1 Å². The number of aromatic nitrogens is 1. The van der Waals surface area contributed by atoms with Crippen LogP contribution >= 0.6 is 11.6 Å². The van der Waals surface area contributed by atoms with Crippen molar-refractivity contribution in [3.05, 3.63) is 77.6 Å². The van der Waals surface area contributed by atoms with Crippen LogP contribution in [-0.4, -0.2) is 44.6 Å². The largest absolute Gasteiger partial charge is 0.368 e. The van der Waals surface area contributed by atoms with Crippen LogP contribution < -0.4 is 5.32 Å². The molecule has 1 heterocycles. The first-order chi connectivity index (χ1) is 14.8. The minimum atomic E-state index is -4.02. The molecule has 7 nitrogen and oxygen atoms in total. The van der Waals surface area contributed by atoms with E-state index in [1.165, 1.54) is 17.3 Å². The quantitative estimate of drug-likeness (QED) is 0.430. The number of nitrogens with one attached hydrogen (secondary N) is 1. The lowest BCUT2D eigenvalue weighted by Gasteiger charge is -2.12. The van der Waals surface area contributed by atoms with E-state index in [4.69, 9.17) is 11.6 Å². The standard InChI is InChI=1S/C22H21ClN4O3S/c1-27(2)15-25-31(29,30)21-14-18(7-8-19(21)16-9-11-24-12-10-16)26-22(28)13-17-5-3-4-6-20(17)23/h3-12,14-15H,13H2,1-2H3,(H,26,28)/b25-15+. The Labute approximate surface area is 186 Å². The molecule has 0 radical (unpaired) electrons. The van der Waals surface area contributed by atoms with E-state index < -0.39 is 10.0 Å². The monoisotopic (exact) mass is 456 g/mol. The predicted molar refractivity (Wildman–Crippen MR) is 123 cm³/mol. The van der Waals surface area contributed by atoms with Gasteiger partial charge in [-0.25, -0.2) is 0 Å². The zero-order valence-corrected chi connectivity index (χ0v) is 18.6. The van der Waals surface area contributed by atoms with Gasteiger partial charge in [-0.05, 0) is 41.5 Å². The Balaban J connectivity index is 1.96. The molecule has 3 aromatic rings. The van der Waals surface area contributed by atoms with Crippen LogP contribution in [-0.2, 0) is 21.2 Å². The first kappa shape index (κ1) is 22.5. The molecule has 9 heteroatoms. The summed E-state index contributed by atoms with van der Waals surface area (Å²) in [5, 5.41) is 3.23. The molecule has 0 aliphatic carbocycles. The zero-order valence-electron chi connectivity index (χ0n) is 17.0. The smallest absolute Gasteiger partial charge is 0.284 e. The second-order valence-corrected chi connectivity index (χ2v) is 8.93. The summed E-state index contributed by atoms with van der Waals surface area (Å²) in [6, 6.07) is 15.2. The minimum Gasteiger partial charge on any atom is -0.368 e. The lowest BCUT2D eigenvalue weighted by molar-refractivity contribution is -0.115. The van der Waals surface area contributed by atoms with Gasteiger partial charge in [0.2, 0.25) is 5.91 Å². The molecule has 0 aliphatic heterocycles. The number of pyridine rings is 1. The SMILES string of the molecule is CN(C)/C=N/S(=O)(=O)c1cc(NC(=O)Cc2ccccc2Cl)ccc1-c1ccncc1. The highest BCUT2D eigenvalue weighted by Gasteiger charge is 2.20. The van der Waals surface area contributed by atoms with E-state index in [9.17, 15) is 13.2 Å². The van der Waals surface area contributed by atoms with Gasteiger partial charge >= 0.3 is 0 Å². The number of hydrogen-bond acceptors (Lipinski definition) is 4. The van der Waals surface area contributed by atoms with Crippen LogP contribution in [0.3, 0.4) is 0 Å². The van der Waals surface area contributed by atoms with Crippen molar-refractivity contribution in [2.45, 2.75) is 11.3 Å². The Morgan fingerprint density at radius 3 is 2.52 bits per heavy atom. The number of carbonyl (C=O) groups is 1. The number of amides is 1. The first-order valence-corrected chi connectivity index (χ1v) is 11.1. The van der Waals surface area contributed by atoms with E-state index in [1.54, 1.807) is 75.0 Å². The van der Waals surface area contributed by atoms with Gasteiger partial charge in [-0.3, -0.25) is 9.78 Å². The number of carbonyl (C=O) groups excluding carboxylic acids is 1. The molecule has 31 heavy (non-hydrogen) atoms. The molecule has 1 aromatic heterocycles. The Morgan fingerprint density at radius 2 is 1.84 bits per heavy atom. The normalized spacial score (nSPS) is 11.5. The summed E-state index contributed by atoms with van der Waals surface area (Å²) in [4.78, 5) is 18.0. The minimum absolute atomic E-state index is 0.0210. The third-order valence-electron chi connectivity index (χ3n) is 4.26. The number of hydrogen-bond donors (Lipinski definition) is 1. The van der Waals surface area contributed by atoms with E-state index in [2.05, 4.69) is 14.7 Å². The van der Waals surface area contributed by atoms with Crippen LogP contribution in [0.5, 0.6) is 0 Å². The molecule has 1 N–H and O–H groups in total. The number of anilines is 1. The molecule has 3 rings (SSSR count). The van der Waals surface area contributed by atoms with Gasteiger partial charge in [-0.1, -0.05) is 35.9 Å². The van der Waals surface area contributed by atoms with Gasteiger partial charge in [0, 0.05) is 42.8 Å². The molecule has 0 aliphatic rings. The Hall–Kier alpha value is -3.23. The van der Waals surface area contributed by atoms with E-state index in [0.29, 0.717) is 27.4 Å². The van der Waals surface area contributed by atoms with E-state index in [1.807, 2.05) is 0 Å². The average molecular weight is 457 g/mol. The molecule has 1 amide bonds. The molecule has 0 saturated heterocycles. The third kappa shape index (κ3) is 5.90. The summed E-state index contributed by atoms with van der Waals surface area (Å²) in [7, 11) is -0.674. The topological polar surface area (TPSA) is 91.7 Å². The van der Waals surface area contributed by atoms with Crippen LogP contribution in [0, 0.1) is 0 Å². The number of nitrogens with zero attached hydrogens (tertiary/aromatic N) is 3. The van der Waals surface area contributed by atoms with Gasteiger partial charge in [-0.15, -0.1) is 4.40 Å². The molecule has 0 spiro atoms. The van der Waals surface area contributed by atoms with Crippen molar-refractivity contribution >= 4 is 39.6 Å². The van der Waals surface area contributed by atoms with Crippen LogP contribution in [0.15, 0.2) is 76.3 Å². The number of halogens is 1. The molecule has 2 aromatic carbocycles. The summed E-state index contributed by atoms with van der Waals surface area (Å²) < 4.78 is 29.6. The molecule has 0 atom stereocenters. The van der Waals surface area contributed by atoms with E-state index in [-0.39, 0.29) is 17.2 Å². The lowest BCUT2D eigenvalue weighted by Crippen LogP contribution is -2.15. The summed E-state index contributed by atoms with van der Waals surface area (Å²) in [5.41, 5.74) is 2.15. The first-order valence-electron chi connectivity index (χ1n) is 9.31. The average Bonchev–Trinajstić information content (AvgIpc) is 2.74. The Kier molecular flexibility index (Phi) is 7.04. The van der Waals surface area contributed by atoms with Gasteiger partial charge < -0.3 is 10.2 Å². The van der Waals surface area contributed by atoms with Crippen molar-refractivity contribution in [3.8, 4) is 11.1 Å². The zero-order chi connectivity index (χ0) is 22.4. The second kappa shape index (κ2) is 9.72. The number of benzene rings is 2. The van der Waals surface area contributed by atoms with Gasteiger partial charge in [0.05, 0.1) is 11.3 Å². The highest BCUT2D eigenvalue weighted by atomic mass is 35.5.